The minimum absolute atomic E-state index is 0.487. The highest BCUT2D eigenvalue weighted by atomic mass is 79.9. The maximum atomic E-state index is 5.47. The van der Waals surface area contributed by atoms with Gasteiger partial charge in [0.1, 0.15) is 5.76 Å². The van der Waals surface area contributed by atoms with E-state index >= 15 is 0 Å². The SMILES string of the molecule is CCN(Cc1ccco1)CC1(CBr)CCCCC1. The quantitative estimate of drug-likeness (QED) is 0.721. The molecule has 1 aliphatic carbocycles. The van der Waals surface area contributed by atoms with Crippen molar-refractivity contribution < 1.29 is 4.42 Å². The number of alkyl halides is 1. The van der Waals surface area contributed by atoms with E-state index in [4.69, 9.17) is 4.42 Å². The van der Waals surface area contributed by atoms with Crippen LogP contribution in [0.3, 0.4) is 0 Å². The molecule has 2 nitrogen and oxygen atoms in total. The fourth-order valence-corrected chi connectivity index (χ4v) is 3.75. The first kappa shape index (κ1) is 14.1. The molecule has 0 saturated heterocycles. The first-order valence-electron chi connectivity index (χ1n) is 7.09. The molecule has 0 spiro atoms. The molecule has 0 bridgehead atoms. The molecule has 0 unspecified atom stereocenters. The minimum atomic E-state index is 0.487. The zero-order valence-corrected chi connectivity index (χ0v) is 12.9. The molecule has 18 heavy (non-hydrogen) atoms. The fourth-order valence-electron chi connectivity index (χ4n) is 3.01. The Morgan fingerprint density at radius 3 is 2.67 bits per heavy atom. The van der Waals surface area contributed by atoms with E-state index in [9.17, 15) is 0 Å². The second-order valence-electron chi connectivity index (χ2n) is 5.58. The highest BCUT2D eigenvalue weighted by Crippen LogP contribution is 2.38. The molecule has 0 aliphatic heterocycles. The van der Waals surface area contributed by atoms with Crippen LogP contribution in [0.25, 0.3) is 0 Å². The number of hydrogen-bond donors (Lipinski definition) is 0. The maximum Gasteiger partial charge on any atom is 0.117 e. The van der Waals surface area contributed by atoms with E-state index in [-0.39, 0.29) is 0 Å². The molecule has 1 aliphatic rings. The summed E-state index contributed by atoms with van der Waals surface area (Å²) in [7, 11) is 0. The van der Waals surface area contributed by atoms with E-state index in [1.807, 2.05) is 6.07 Å². The summed E-state index contributed by atoms with van der Waals surface area (Å²) in [5.41, 5.74) is 0.487. The summed E-state index contributed by atoms with van der Waals surface area (Å²) in [5, 5.41) is 1.13. The Morgan fingerprint density at radius 2 is 2.11 bits per heavy atom. The van der Waals surface area contributed by atoms with Gasteiger partial charge in [-0.05, 0) is 36.9 Å². The predicted octanol–water partition coefficient (Wildman–Crippen LogP) is 4.45. The standard InChI is InChI=1S/C15H24BrNO/c1-2-17(11-14-7-6-10-18-14)13-15(12-16)8-4-3-5-9-15/h6-7,10H,2-5,8-9,11-13H2,1H3. The van der Waals surface area contributed by atoms with Crippen molar-refractivity contribution in [1.29, 1.82) is 0 Å². The summed E-state index contributed by atoms with van der Waals surface area (Å²) in [6.07, 6.45) is 8.71. The average Bonchev–Trinajstić information content (AvgIpc) is 2.92. The van der Waals surface area contributed by atoms with Gasteiger partial charge in [0.05, 0.1) is 12.8 Å². The average molecular weight is 314 g/mol. The summed E-state index contributed by atoms with van der Waals surface area (Å²) in [4.78, 5) is 2.52. The second kappa shape index (κ2) is 6.76. The molecule has 1 aromatic rings. The molecule has 102 valence electrons. The van der Waals surface area contributed by atoms with Crippen molar-refractivity contribution in [3.63, 3.8) is 0 Å². The van der Waals surface area contributed by atoms with Crippen molar-refractivity contribution >= 4 is 15.9 Å². The zero-order valence-electron chi connectivity index (χ0n) is 11.3. The van der Waals surface area contributed by atoms with Crippen molar-refractivity contribution in [3.8, 4) is 0 Å². The molecular weight excluding hydrogens is 290 g/mol. The predicted molar refractivity (Wildman–Crippen MR) is 79.0 cm³/mol. The molecule has 1 heterocycles. The Morgan fingerprint density at radius 1 is 1.33 bits per heavy atom. The van der Waals surface area contributed by atoms with Gasteiger partial charge < -0.3 is 4.42 Å². The summed E-state index contributed by atoms with van der Waals surface area (Å²) < 4.78 is 5.47. The van der Waals surface area contributed by atoms with E-state index < -0.39 is 0 Å². The minimum Gasteiger partial charge on any atom is -0.468 e. The van der Waals surface area contributed by atoms with E-state index in [0.717, 1.165) is 24.2 Å². The van der Waals surface area contributed by atoms with Gasteiger partial charge in [0.25, 0.3) is 0 Å². The first-order chi connectivity index (χ1) is 8.78. The van der Waals surface area contributed by atoms with Gasteiger partial charge in [-0.15, -0.1) is 0 Å². The number of rotatable bonds is 6. The lowest BCUT2D eigenvalue weighted by atomic mass is 9.75. The Kier molecular flexibility index (Phi) is 5.31. The highest BCUT2D eigenvalue weighted by molar-refractivity contribution is 9.09. The smallest absolute Gasteiger partial charge is 0.117 e. The topological polar surface area (TPSA) is 16.4 Å². The molecule has 3 heteroatoms. The lowest BCUT2D eigenvalue weighted by Gasteiger charge is -2.39. The van der Waals surface area contributed by atoms with E-state index in [1.54, 1.807) is 6.26 Å². The van der Waals surface area contributed by atoms with E-state index in [2.05, 4.69) is 33.8 Å². The van der Waals surface area contributed by atoms with Crippen molar-refractivity contribution in [2.45, 2.75) is 45.6 Å². The summed E-state index contributed by atoms with van der Waals surface area (Å²) >= 11 is 3.75. The van der Waals surface area contributed by atoms with Gasteiger partial charge in [0.15, 0.2) is 0 Å². The van der Waals surface area contributed by atoms with Crippen molar-refractivity contribution in [2.24, 2.45) is 5.41 Å². The van der Waals surface area contributed by atoms with Crippen molar-refractivity contribution in [1.82, 2.24) is 4.90 Å². The van der Waals surface area contributed by atoms with Crippen LogP contribution in [0.4, 0.5) is 0 Å². The molecular formula is C15H24BrNO. The Hall–Kier alpha value is -0.280. The third-order valence-electron chi connectivity index (χ3n) is 4.16. The Balaban J connectivity index is 1.95. The monoisotopic (exact) mass is 313 g/mol. The van der Waals surface area contributed by atoms with Gasteiger partial charge in [-0.2, -0.15) is 0 Å². The molecule has 2 rings (SSSR count). The summed E-state index contributed by atoms with van der Waals surface area (Å²) in [5.74, 6) is 1.08. The van der Waals surface area contributed by atoms with Crippen molar-refractivity contribution in [3.05, 3.63) is 24.2 Å². The van der Waals surface area contributed by atoms with Crippen LogP contribution in [0.1, 0.15) is 44.8 Å². The molecule has 0 N–H and O–H groups in total. The third-order valence-corrected chi connectivity index (χ3v) is 5.35. The van der Waals surface area contributed by atoms with Crippen LogP contribution in [0.15, 0.2) is 22.8 Å². The van der Waals surface area contributed by atoms with Crippen LogP contribution < -0.4 is 0 Å². The van der Waals surface area contributed by atoms with Gasteiger partial charge in [0, 0.05) is 11.9 Å². The normalized spacial score (nSPS) is 19.3. The van der Waals surface area contributed by atoms with Gasteiger partial charge >= 0.3 is 0 Å². The molecule has 0 atom stereocenters. The van der Waals surface area contributed by atoms with Gasteiger partial charge in [-0.25, -0.2) is 0 Å². The first-order valence-corrected chi connectivity index (χ1v) is 8.21. The fraction of sp³-hybridized carbons (Fsp3) is 0.733. The molecule has 1 fully saturated rings. The van der Waals surface area contributed by atoms with Gasteiger partial charge in [-0.1, -0.05) is 42.1 Å². The molecule has 1 saturated carbocycles. The maximum absolute atomic E-state index is 5.47. The van der Waals surface area contributed by atoms with Crippen LogP contribution in [0.5, 0.6) is 0 Å². The van der Waals surface area contributed by atoms with Crippen LogP contribution in [-0.2, 0) is 6.54 Å². The number of nitrogens with zero attached hydrogens (tertiary/aromatic N) is 1. The van der Waals surface area contributed by atoms with Crippen LogP contribution >= 0.6 is 15.9 Å². The Bertz CT molecular complexity index is 330. The highest BCUT2D eigenvalue weighted by Gasteiger charge is 2.32. The van der Waals surface area contributed by atoms with Crippen molar-refractivity contribution in [2.75, 3.05) is 18.4 Å². The number of hydrogen-bond acceptors (Lipinski definition) is 2. The second-order valence-corrected chi connectivity index (χ2v) is 6.14. The van der Waals surface area contributed by atoms with Gasteiger partial charge in [0.2, 0.25) is 0 Å². The van der Waals surface area contributed by atoms with Crippen LogP contribution in [0.2, 0.25) is 0 Å². The van der Waals surface area contributed by atoms with Crippen LogP contribution in [0, 0.1) is 5.41 Å². The molecule has 0 aromatic carbocycles. The molecule has 1 aromatic heterocycles. The number of furan rings is 1. The molecule has 0 amide bonds. The summed E-state index contributed by atoms with van der Waals surface area (Å²) in [6, 6.07) is 4.05. The lowest BCUT2D eigenvalue weighted by molar-refractivity contribution is 0.120. The zero-order chi connectivity index (χ0) is 12.8. The number of halogens is 1. The third kappa shape index (κ3) is 3.61. The van der Waals surface area contributed by atoms with E-state index in [0.29, 0.717) is 5.41 Å². The van der Waals surface area contributed by atoms with Crippen LogP contribution in [-0.4, -0.2) is 23.3 Å². The largest absolute Gasteiger partial charge is 0.468 e. The lowest BCUT2D eigenvalue weighted by Crippen LogP contribution is -2.40. The molecule has 0 radical (unpaired) electrons. The summed E-state index contributed by atoms with van der Waals surface area (Å²) in [6.45, 7) is 5.47. The Labute approximate surface area is 119 Å². The van der Waals surface area contributed by atoms with Gasteiger partial charge in [-0.3, -0.25) is 4.90 Å². The van der Waals surface area contributed by atoms with E-state index in [1.165, 1.54) is 38.6 Å².